The number of methoxy groups -OCH3 is 2. The first-order chi connectivity index (χ1) is 17.0. The Labute approximate surface area is 211 Å². The quantitative estimate of drug-likeness (QED) is 0.333. The van der Waals surface area contributed by atoms with E-state index in [9.17, 15) is 0 Å². The molecule has 182 valence electrons. The van der Waals surface area contributed by atoms with Crippen molar-refractivity contribution in [3.8, 4) is 17.6 Å². The minimum Gasteiger partial charge on any atom is -0.501 e. The number of rotatable bonds is 7. The van der Waals surface area contributed by atoms with Gasteiger partial charge in [-0.15, -0.1) is 0 Å². The third-order valence-electron chi connectivity index (χ3n) is 5.42. The lowest BCUT2D eigenvalue weighted by Crippen LogP contribution is -2.01. The molecular formula is C32H37NO2. The lowest BCUT2D eigenvalue weighted by Gasteiger charge is -2.09. The third kappa shape index (κ3) is 8.76. The molecule has 35 heavy (non-hydrogen) atoms. The summed E-state index contributed by atoms with van der Waals surface area (Å²) in [6.45, 7) is 12.3. The molecule has 0 unspecified atom stereocenters. The smallest absolute Gasteiger partial charge is 0.126 e. The van der Waals surface area contributed by atoms with Crippen LogP contribution in [0.25, 0.3) is 11.6 Å². The first-order valence-corrected chi connectivity index (χ1v) is 12.0. The van der Waals surface area contributed by atoms with Crippen LogP contribution in [0.4, 0.5) is 0 Å². The number of ether oxygens (including phenoxy) is 2. The second kappa shape index (κ2) is 14.4. The van der Waals surface area contributed by atoms with E-state index in [-0.39, 0.29) is 0 Å². The van der Waals surface area contributed by atoms with E-state index in [1.54, 1.807) is 14.2 Å². The second-order valence-corrected chi connectivity index (χ2v) is 7.93. The molecule has 3 heteroatoms. The molecule has 3 rings (SSSR count). The van der Waals surface area contributed by atoms with Crippen molar-refractivity contribution in [3.05, 3.63) is 113 Å². The largest absolute Gasteiger partial charge is 0.501 e. The van der Waals surface area contributed by atoms with E-state index in [0.717, 1.165) is 52.3 Å². The van der Waals surface area contributed by atoms with Gasteiger partial charge in [-0.25, -0.2) is 0 Å². The number of hydrogen-bond donors (Lipinski definition) is 1. The van der Waals surface area contributed by atoms with Crippen LogP contribution in [0.1, 0.15) is 55.9 Å². The van der Waals surface area contributed by atoms with Crippen molar-refractivity contribution in [2.24, 2.45) is 0 Å². The normalized spacial score (nSPS) is 12.9. The molecule has 1 aliphatic carbocycles. The van der Waals surface area contributed by atoms with E-state index < -0.39 is 0 Å². The summed E-state index contributed by atoms with van der Waals surface area (Å²) in [6.07, 6.45) is 11.7. The third-order valence-corrected chi connectivity index (χ3v) is 5.42. The lowest BCUT2D eigenvalue weighted by molar-refractivity contribution is 0.276. The highest BCUT2D eigenvalue weighted by Gasteiger charge is 2.05. The molecular weight excluding hydrogens is 430 g/mol. The summed E-state index contributed by atoms with van der Waals surface area (Å²) in [5, 5.41) is 3.26. The van der Waals surface area contributed by atoms with E-state index in [4.69, 9.17) is 9.47 Å². The van der Waals surface area contributed by atoms with Gasteiger partial charge in [-0.2, -0.15) is 0 Å². The number of allylic oxidation sites excluding steroid dienone is 6. The zero-order chi connectivity index (χ0) is 25.6. The molecule has 2 aromatic carbocycles. The zero-order valence-electron chi connectivity index (χ0n) is 21.9. The molecule has 0 atom stereocenters. The molecule has 0 saturated carbocycles. The van der Waals surface area contributed by atoms with Gasteiger partial charge in [-0.3, -0.25) is 0 Å². The van der Waals surface area contributed by atoms with Crippen molar-refractivity contribution in [2.45, 2.75) is 40.5 Å². The predicted octanol–water partition coefficient (Wildman–Crippen LogP) is 7.81. The van der Waals surface area contributed by atoms with Gasteiger partial charge in [0.15, 0.2) is 0 Å². The van der Waals surface area contributed by atoms with Gasteiger partial charge in [0, 0.05) is 35.0 Å². The Morgan fingerprint density at radius 3 is 2.34 bits per heavy atom. The van der Waals surface area contributed by atoms with Gasteiger partial charge in [0.05, 0.1) is 20.0 Å². The molecule has 0 amide bonds. The number of nitrogens with one attached hydrogen (secondary N) is 1. The zero-order valence-corrected chi connectivity index (χ0v) is 21.9. The van der Waals surface area contributed by atoms with Gasteiger partial charge in [0.2, 0.25) is 0 Å². The summed E-state index contributed by atoms with van der Waals surface area (Å²) in [7, 11) is 3.37. The summed E-state index contributed by atoms with van der Waals surface area (Å²) < 4.78 is 10.8. The highest BCUT2D eigenvalue weighted by Crippen LogP contribution is 2.22. The van der Waals surface area contributed by atoms with Gasteiger partial charge in [0.25, 0.3) is 0 Å². The summed E-state index contributed by atoms with van der Waals surface area (Å²) in [4.78, 5) is 0. The van der Waals surface area contributed by atoms with Crippen LogP contribution >= 0.6 is 0 Å². The maximum atomic E-state index is 5.52. The summed E-state index contributed by atoms with van der Waals surface area (Å²) in [5.74, 6) is 8.32. The van der Waals surface area contributed by atoms with Gasteiger partial charge < -0.3 is 14.8 Å². The van der Waals surface area contributed by atoms with Gasteiger partial charge in [0.1, 0.15) is 5.75 Å². The average molecular weight is 468 g/mol. The molecule has 0 bridgehead atoms. The molecule has 2 aromatic rings. The van der Waals surface area contributed by atoms with Crippen molar-refractivity contribution in [3.63, 3.8) is 0 Å². The Kier molecular flexibility index (Phi) is 11.2. The fourth-order valence-corrected chi connectivity index (χ4v) is 3.33. The van der Waals surface area contributed by atoms with Crippen LogP contribution in [0.3, 0.4) is 0 Å². The van der Waals surface area contributed by atoms with Gasteiger partial charge in [-0.1, -0.05) is 62.1 Å². The van der Waals surface area contributed by atoms with E-state index in [1.165, 1.54) is 11.1 Å². The van der Waals surface area contributed by atoms with E-state index in [0.29, 0.717) is 0 Å². The van der Waals surface area contributed by atoms with Crippen molar-refractivity contribution >= 4 is 11.6 Å². The van der Waals surface area contributed by atoms with Crippen LogP contribution < -0.4 is 10.1 Å². The Morgan fingerprint density at radius 1 is 0.971 bits per heavy atom. The molecule has 0 spiro atoms. The van der Waals surface area contributed by atoms with Crippen LogP contribution in [0.5, 0.6) is 5.75 Å². The average Bonchev–Trinajstić information content (AvgIpc) is 2.91. The van der Waals surface area contributed by atoms with E-state index in [1.807, 2.05) is 62.6 Å². The minimum absolute atomic E-state index is 0.785. The molecule has 3 nitrogen and oxygen atoms in total. The fraction of sp³-hybridized carbons (Fsp3) is 0.250. The van der Waals surface area contributed by atoms with Crippen LogP contribution in [-0.4, -0.2) is 14.2 Å². The molecule has 0 aromatic heterocycles. The Bertz CT molecular complexity index is 1180. The monoisotopic (exact) mass is 467 g/mol. The second-order valence-electron chi connectivity index (χ2n) is 7.93. The first-order valence-electron chi connectivity index (χ1n) is 12.0. The SMILES string of the molecule is C=C(/C=C/c1cc(C#CC2=CC=C(OC)CC2)ccc1OC)N/C=C(\C)c1ccc(C)cc1.CC. The van der Waals surface area contributed by atoms with Crippen molar-refractivity contribution in [2.75, 3.05) is 14.2 Å². The van der Waals surface area contributed by atoms with E-state index in [2.05, 4.69) is 61.8 Å². The van der Waals surface area contributed by atoms with Crippen molar-refractivity contribution in [1.82, 2.24) is 5.32 Å². The van der Waals surface area contributed by atoms with Crippen LogP contribution in [-0.2, 0) is 4.74 Å². The summed E-state index contributed by atoms with van der Waals surface area (Å²) in [6, 6.07) is 14.4. The van der Waals surface area contributed by atoms with Crippen LogP contribution in [0.15, 0.2) is 90.5 Å². The summed E-state index contributed by atoms with van der Waals surface area (Å²) in [5.41, 5.74) is 7.35. The molecule has 0 heterocycles. The van der Waals surface area contributed by atoms with Crippen molar-refractivity contribution < 1.29 is 9.47 Å². The maximum absolute atomic E-state index is 5.52. The molecule has 1 N–H and O–H groups in total. The highest BCUT2D eigenvalue weighted by atomic mass is 16.5. The van der Waals surface area contributed by atoms with Crippen LogP contribution in [0.2, 0.25) is 0 Å². The highest BCUT2D eigenvalue weighted by molar-refractivity contribution is 5.65. The Morgan fingerprint density at radius 2 is 1.71 bits per heavy atom. The maximum Gasteiger partial charge on any atom is 0.126 e. The molecule has 0 fully saturated rings. The minimum atomic E-state index is 0.785. The summed E-state index contributed by atoms with van der Waals surface area (Å²) >= 11 is 0. The molecule has 1 aliphatic rings. The Balaban J connectivity index is 0.00000210. The van der Waals surface area contributed by atoms with Gasteiger partial charge >= 0.3 is 0 Å². The topological polar surface area (TPSA) is 30.5 Å². The Hall–Kier alpha value is -3.90. The molecule has 0 saturated heterocycles. The lowest BCUT2D eigenvalue weighted by atomic mass is 10.0. The number of aryl methyl sites for hydroxylation is 1. The van der Waals surface area contributed by atoms with E-state index >= 15 is 0 Å². The fourth-order valence-electron chi connectivity index (χ4n) is 3.33. The first kappa shape index (κ1) is 27.3. The number of hydrogen-bond acceptors (Lipinski definition) is 3. The predicted molar refractivity (Wildman–Crippen MR) is 150 cm³/mol. The standard InChI is InChI=1S/C30H31NO2.C2H6/c1-22-6-14-27(15-7-22)23(2)21-31-24(3)8-16-28-20-26(13-19-30(28)33-5)10-9-25-11-17-29(32-4)18-12-25;1-2/h6-8,11,13-17,19-21,31H,3,12,18H2,1-2,4-5H3;1-2H3/b16-8+,23-21+;. The number of benzene rings is 2. The molecule has 0 aliphatic heterocycles. The van der Waals surface area contributed by atoms with Crippen LogP contribution in [0, 0.1) is 18.8 Å². The van der Waals surface area contributed by atoms with Crippen molar-refractivity contribution in [1.29, 1.82) is 0 Å². The van der Waals surface area contributed by atoms with Gasteiger partial charge in [-0.05, 0) is 73.9 Å². The molecule has 0 radical (unpaired) electrons.